The molecule has 0 radical (unpaired) electrons. The fraction of sp³-hybridized carbons (Fsp3) is 0.818. The van der Waals surface area contributed by atoms with Crippen LogP contribution in [0.2, 0.25) is 19.6 Å². The minimum atomic E-state index is -1.05. The van der Waals surface area contributed by atoms with Crippen molar-refractivity contribution in [3.8, 4) is 0 Å². The van der Waals surface area contributed by atoms with Crippen molar-refractivity contribution in [1.82, 2.24) is 0 Å². The molecule has 0 nitrogen and oxygen atoms in total. The minimum absolute atomic E-state index is 1.05. The Balaban J connectivity index is 3.60. The van der Waals surface area contributed by atoms with E-state index < -0.39 is 8.07 Å². The molecule has 0 saturated carbocycles. The van der Waals surface area contributed by atoms with Crippen molar-refractivity contribution in [3.05, 3.63) is 10.2 Å². The van der Waals surface area contributed by atoms with Crippen LogP contribution in [0, 0.1) is 0 Å². The molecule has 78 valence electrons. The van der Waals surface area contributed by atoms with Crippen LogP contribution in [0.25, 0.3) is 0 Å². The molecular weight excluding hydrogens is 240 g/mol. The van der Waals surface area contributed by atoms with Gasteiger partial charge in [-0.3, -0.25) is 0 Å². The molecule has 0 heterocycles. The minimum Gasteiger partial charge on any atom is -0.0785 e. The highest BCUT2D eigenvalue weighted by atomic mass is 79.9. The molecule has 0 bridgehead atoms. The van der Waals surface area contributed by atoms with Crippen molar-refractivity contribution in [2.75, 3.05) is 0 Å². The van der Waals surface area contributed by atoms with Gasteiger partial charge in [-0.1, -0.05) is 67.8 Å². The summed E-state index contributed by atoms with van der Waals surface area (Å²) in [5.41, 5.74) is 0. The summed E-state index contributed by atoms with van der Waals surface area (Å²) in [6, 6.07) is 0. The van der Waals surface area contributed by atoms with Crippen molar-refractivity contribution >= 4 is 24.0 Å². The van der Waals surface area contributed by atoms with Gasteiger partial charge >= 0.3 is 0 Å². The summed E-state index contributed by atoms with van der Waals surface area (Å²) in [5, 5.41) is 0. The number of hydrogen-bond donors (Lipinski definition) is 0. The van der Waals surface area contributed by atoms with Crippen LogP contribution in [-0.2, 0) is 0 Å². The van der Waals surface area contributed by atoms with E-state index >= 15 is 0 Å². The van der Waals surface area contributed by atoms with Crippen molar-refractivity contribution in [1.29, 1.82) is 0 Å². The Morgan fingerprint density at radius 3 is 2.23 bits per heavy atom. The first-order valence-electron chi connectivity index (χ1n) is 5.34. The lowest BCUT2D eigenvalue weighted by Gasteiger charge is -2.14. The molecule has 0 aromatic carbocycles. The predicted molar refractivity (Wildman–Crippen MR) is 69.1 cm³/mol. The van der Waals surface area contributed by atoms with Crippen molar-refractivity contribution in [2.45, 2.75) is 58.7 Å². The molecule has 13 heavy (non-hydrogen) atoms. The maximum absolute atomic E-state index is 3.69. The van der Waals surface area contributed by atoms with E-state index in [9.17, 15) is 0 Å². The molecule has 0 rings (SSSR count). The summed E-state index contributed by atoms with van der Waals surface area (Å²) in [6.07, 6.45) is 9.11. The molecular formula is C11H23BrSi. The van der Waals surface area contributed by atoms with E-state index in [2.05, 4.69) is 48.6 Å². The quantitative estimate of drug-likeness (QED) is 0.461. The third kappa shape index (κ3) is 7.50. The summed E-state index contributed by atoms with van der Waals surface area (Å²) in [4.78, 5) is 0. The van der Waals surface area contributed by atoms with Gasteiger partial charge in [0, 0.05) is 0 Å². The Labute approximate surface area is 92.9 Å². The van der Waals surface area contributed by atoms with Gasteiger partial charge in [0.25, 0.3) is 0 Å². The molecule has 0 unspecified atom stereocenters. The maximum atomic E-state index is 3.69. The first kappa shape index (κ1) is 13.4. The van der Waals surface area contributed by atoms with Gasteiger partial charge in [-0.15, -0.1) is 0 Å². The average Bonchev–Trinajstić information content (AvgIpc) is 2.02. The summed E-state index contributed by atoms with van der Waals surface area (Å²) >= 11 is 3.69. The Morgan fingerprint density at radius 1 is 1.15 bits per heavy atom. The van der Waals surface area contributed by atoms with Crippen LogP contribution in [0.15, 0.2) is 10.2 Å². The lowest BCUT2D eigenvalue weighted by molar-refractivity contribution is 0.674. The van der Waals surface area contributed by atoms with Gasteiger partial charge in [-0.2, -0.15) is 0 Å². The summed E-state index contributed by atoms with van der Waals surface area (Å²) < 4.78 is 1.48. The van der Waals surface area contributed by atoms with Crippen molar-refractivity contribution < 1.29 is 0 Å². The van der Waals surface area contributed by atoms with Crippen molar-refractivity contribution in [2.24, 2.45) is 0 Å². The first-order valence-corrected chi connectivity index (χ1v) is 9.64. The highest BCUT2D eigenvalue weighted by Gasteiger charge is 2.16. The average molecular weight is 263 g/mol. The van der Waals surface area contributed by atoms with Gasteiger partial charge in [0.1, 0.15) is 0 Å². The van der Waals surface area contributed by atoms with E-state index in [0.717, 1.165) is 0 Å². The summed E-state index contributed by atoms with van der Waals surface area (Å²) in [6.45, 7) is 9.38. The molecule has 0 aromatic heterocycles. The van der Waals surface area contributed by atoms with E-state index in [1.165, 1.54) is 36.2 Å². The second-order valence-corrected chi connectivity index (χ2v) is 11.3. The molecule has 0 aliphatic heterocycles. The van der Waals surface area contributed by atoms with Crippen LogP contribution < -0.4 is 0 Å². The molecule has 0 atom stereocenters. The number of allylic oxidation sites excluding steroid dienone is 1. The third-order valence-electron chi connectivity index (χ3n) is 2.10. The van der Waals surface area contributed by atoms with Crippen LogP contribution in [0.1, 0.15) is 39.0 Å². The molecule has 2 heteroatoms. The van der Waals surface area contributed by atoms with Gasteiger partial charge in [0.15, 0.2) is 0 Å². The molecule has 0 aromatic rings. The van der Waals surface area contributed by atoms with E-state index in [1.807, 2.05) is 0 Å². The third-order valence-corrected chi connectivity index (χ3v) is 7.63. The lowest BCUT2D eigenvalue weighted by atomic mass is 10.2. The van der Waals surface area contributed by atoms with E-state index in [1.54, 1.807) is 0 Å². The number of hydrogen-bond acceptors (Lipinski definition) is 0. The Hall–Kier alpha value is 0.437. The van der Waals surface area contributed by atoms with Crippen LogP contribution in [0.3, 0.4) is 0 Å². The fourth-order valence-corrected chi connectivity index (χ4v) is 2.09. The van der Waals surface area contributed by atoms with Gasteiger partial charge in [0.2, 0.25) is 0 Å². The van der Waals surface area contributed by atoms with Gasteiger partial charge in [-0.05, 0) is 16.9 Å². The number of halogens is 1. The zero-order valence-corrected chi connectivity index (χ0v) is 12.1. The van der Waals surface area contributed by atoms with Gasteiger partial charge < -0.3 is 0 Å². The molecule has 0 spiro atoms. The summed E-state index contributed by atoms with van der Waals surface area (Å²) in [7, 11) is -1.05. The van der Waals surface area contributed by atoms with Crippen LogP contribution in [-0.4, -0.2) is 8.07 Å². The van der Waals surface area contributed by atoms with Crippen molar-refractivity contribution in [3.63, 3.8) is 0 Å². The molecule has 0 saturated heterocycles. The monoisotopic (exact) mass is 262 g/mol. The molecule has 0 fully saturated rings. The Bertz CT molecular complexity index is 156. The normalized spacial score (nSPS) is 13.5. The molecule has 0 amide bonds. The SMILES string of the molecule is CCCCCC/C=C(\Br)[Si](C)(C)C. The second kappa shape index (κ2) is 6.83. The van der Waals surface area contributed by atoms with E-state index in [4.69, 9.17) is 0 Å². The highest BCUT2D eigenvalue weighted by Crippen LogP contribution is 2.21. The Morgan fingerprint density at radius 2 is 1.77 bits per heavy atom. The fourth-order valence-electron chi connectivity index (χ4n) is 1.11. The van der Waals surface area contributed by atoms with E-state index in [-0.39, 0.29) is 0 Å². The standard InChI is InChI=1S/C11H23BrSi/c1-5-6-7-8-9-10-11(12)13(2,3)4/h10H,5-9H2,1-4H3/b11-10+. The number of unbranched alkanes of at least 4 members (excludes halogenated alkanes) is 4. The molecule has 0 N–H and O–H groups in total. The smallest absolute Gasteiger partial charge is 0.0785 e. The molecule has 0 aliphatic rings. The van der Waals surface area contributed by atoms with Crippen LogP contribution >= 0.6 is 15.9 Å². The Kier molecular flexibility index (Phi) is 7.06. The van der Waals surface area contributed by atoms with Gasteiger partial charge in [-0.25, -0.2) is 0 Å². The lowest BCUT2D eigenvalue weighted by Crippen LogP contribution is -2.20. The predicted octanol–water partition coefficient (Wildman–Crippen LogP) is 5.11. The maximum Gasteiger partial charge on any atom is 0.0861 e. The largest absolute Gasteiger partial charge is 0.0861 e. The zero-order chi connectivity index (χ0) is 10.3. The first-order chi connectivity index (χ1) is 5.98. The summed E-state index contributed by atoms with van der Waals surface area (Å²) in [5.74, 6) is 0. The van der Waals surface area contributed by atoms with Crippen LogP contribution in [0.5, 0.6) is 0 Å². The van der Waals surface area contributed by atoms with Crippen LogP contribution in [0.4, 0.5) is 0 Å². The topological polar surface area (TPSA) is 0 Å². The zero-order valence-electron chi connectivity index (χ0n) is 9.49. The van der Waals surface area contributed by atoms with E-state index in [0.29, 0.717) is 0 Å². The van der Waals surface area contributed by atoms with Gasteiger partial charge in [0.05, 0.1) is 8.07 Å². The number of rotatable bonds is 6. The highest BCUT2D eigenvalue weighted by molar-refractivity contribution is 9.12. The molecule has 0 aliphatic carbocycles. The second-order valence-electron chi connectivity index (χ2n) is 4.65.